The highest BCUT2D eigenvalue weighted by molar-refractivity contribution is 5.78. The van der Waals surface area contributed by atoms with Crippen molar-refractivity contribution in [2.45, 2.75) is 13.0 Å². The summed E-state index contributed by atoms with van der Waals surface area (Å²) in [6.45, 7) is 0.305. The fourth-order valence-electron chi connectivity index (χ4n) is 2.46. The van der Waals surface area contributed by atoms with Gasteiger partial charge >= 0.3 is 5.97 Å². The van der Waals surface area contributed by atoms with E-state index in [2.05, 4.69) is 4.98 Å². The largest absolute Gasteiger partial charge is 0.493 e. The van der Waals surface area contributed by atoms with Crippen LogP contribution in [0.3, 0.4) is 0 Å². The molecule has 0 aliphatic carbocycles. The van der Waals surface area contributed by atoms with Crippen LogP contribution in [0.25, 0.3) is 10.9 Å². The van der Waals surface area contributed by atoms with Crippen LogP contribution in [-0.4, -0.2) is 23.2 Å². The third-order valence-electron chi connectivity index (χ3n) is 3.62. The van der Waals surface area contributed by atoms with Gasteiger partial charge in [0.05, 0.1) is 24.7 Å². The Kier molecular flexibility index (Phi) is 4.61. The lowest BCUT2D eigenvalue weighted by Crippen LogP contribution is -2.03. The molecule has 2 aromatic carbocycles. The number of carboxylic acid groups (broad SMARTS) is 1. The minimum absolute atomic E-state index is 0.0527. The number of carbonyl (C=O) groups is 1. The van der Waals surface area contributed by atoms with Gasteiger partial charge in [0.2, 0.25) is 0 Å². The van der Waals surface area contributed by atoms with Crippen LogP contribution < -0.4 is 9.47 Å². The number of para-hydroxylation sites is 1. The van der Waals surface area contributed by atoms with E-state index in [1.165, 1.54) is 7.11 Å². The number of fused-ring (bicyclic) bond motifs is 1. The van der Waals surface area contributed by atoms with E-state index in [4.69, 9.17) is 14.6 Å². The number of benzene rings is 2. The van der Waals surface area contributed by atoms with Crippen molar-refractivity contribution in [3.05, 3.63) is 65.9 Å². The molecule has 122 valence electrons. The lowest BCUT2D eigenvalue weighted by atomic mass is 10.1. The van der Waals surface area contributed by atoms with E-state index in [1.807, 2.05) is 36.4 Å². The molecule has 0 atom stereocenters. The van der Waals surface area contributed by atoms with Crippen molar-refractivity contribution in [3.63, 3.8) is 0 Å². The van der Waals surface area contributed by atoms with E-state index in [9.17, 15) is 4.79 Å². The number of aliphatic carboxylic acids is 1. The maximum Gasteiger partial charge on any atom is 0.307 e. The third kappa shape index (κ3) is 3.63. The molecule has 3 aromatic rings. The fourth-order valence-corrected chi connectivity index (χ4v) is 2.46. The highest BCUT2D eigenvalue weighted by atomic mass is 16.5. The van der Waals surface area contributed by atoms with Crippen LogP contribution in [0.1, 0.15) is 11.3 Å². The van der Waals surface area contributed by atoms with Crippen LogP contribution in [0.15, 0.2) is 54.6 Å². The summed E-state index contributed by atoms with van der Waals surface area (Å²) < 4.78 is 11.1. The summed E-state index contributed by atoms with van der Waals surface area (Å²) in [6, 6.07) is 16.9. The summed E-state index contributed by atoms with van der Waals surface area (Å²) in [7, 11) is 1.53. The Morgan fingerprint density at radius 3 is 2.71 bits per heavy atom. The Hall–Kier alpha value is -3.08. The van der Waals surface area contributed by atoms with Crippen molar-refractivity contribution < 1.29 is 19.4 Å². The van der Waals surface area contributed by atoms with Gasteiger partial charge in [-0.3, -0.25) is 4.79 Å². The Morgan fingerprint density at radius 1 is 1.08 bits per heavy atom. The first-order valence-corrected chi connectivity index (χ1v) is 7.52. The summed E-state index contributed by atoms with van der Waals surface area (Å²) in [5.41, 5.74) is 2.39. The molecule has 0 spiro atoms. The molecule has 0 saturated heterocycles. The average Bonchev–Trinajstić information content (AvgIpc) is 2.59. The number of pyridine rings is 1. The lowest BCUT2D eigenvalue weighted by molar-refractivity contribution is -0.136. The van der Waals surface area contributed by atoms with Gasteiger partial charge < -0.3 is 14.6 Å². The number of rotatable bonds is 6. The molecule has 1 heterocycles. The standard InChI is InChI=1S/C19H17NO4/c1-23-18-10-13(11-19(21)22)6-9-17(18)24-12-15-8-7-14-4-2-3-5-16(14)20-15/h2-10H,11-12H2,1H3,(H,21,22). The molecular weight excluding hydrogens is 306 g/mol. The highest BCUT2D eigenvalue weighted by Crippen LogP contribution is 2.29. The summed E-state index contributed by atoms with van der Waals surface area (Å²) in [5.74, 6) is 0.183. The summed E-state index contributed by atoms with van der Waals surface area (Å²) in [6.07, 6.45) is -0.0527. The molecule has 0 amide bonds. The third-order valence-corrected chi connectivity index (χ3v) is 3.62. The fraction of sp³-hybridized carbons (Fsp3) is 0.158. The number of aromatic nitrogens is 1. The monoisotopic (exact) mass is 323 g/mol. The Bertz CT molecular complexity index is 876. The molecule has 5 nitrogen and oxygen atoms in total. The Balaban J connectivity index is 1.76. The Labute approximate surface area is 139 Å². The lowest BCUT2D eigenvalue weighted by Gasteiger charge is -2.12. The van der Waals surface area contributed by atoms with Gasteiger partial charge in [0.15, 0.2) is 11.5 Å². The molecule has 1 aromatic heterocycles. The summed E-state index contributed by atoms with van der Waals surface area (Å²) in [5, 5.41) is 9.94. The maximum atomic E-state index is 10.8. The maximum absolute atomic E-state index is 10.8. The van der Waals surface area contributed by atoms with Crippen molar-refractivity contribution in [1.82, 2.24) is 4.98 Å². The predicted molar refractivity (Wildman–Crippen MR) is 90.4 cm³/mol. The molecule has 3 rings (SSSR count). The minimum atomic E-state index is -0.883. The zero-order valence-corrected chi connectivity index (χ0v) is 13.2. The second-order valence-electron chi connectivity index (χ2n) is 5.34. The first-order chi connectivity index (χ1) is 11.7. The van der Waals surface area contributed by atoms with Crippen LogP contribution in [-0.2, 0) is 17.8 Å². The first kappa shape index (κ1) is 15.8. The number of hydrogen-bond acceptors (Lipinski definition) is 4. The van der Waals surface area contributed by atoms with Crippen molar-refractivity contribution in [1.29, 1.82) is 0 Å². The number of hydrogen-bond donors (Lipinski definition) is 1. The van der Waals surface area contributed by atoms with Gasteiger partial charge in [-0.1, -0.05) is 30.3 Å². The molecule has 5 heteroatoms. The van der Waals surface area contributed by atoms with Crippen LogP contribution in [0.4, 0.5) is 0 Å². The number of nitrogens with zero attached hydrogens (tertiary/aromatic N) is 1. The summed E-state index contributed by atoms with van der Waals surface area (Å²) >= 11 is 0. The average molecular weight is 323 g/mol. The van der Waals surface area contributed by atoms with E-state index in [0.717, 1.165) is 16.6 Å². The van der Waals surface area contributed by atoms with Crippen LogP contribution in [0, 0.1) is 0 Å². The van der Waals surface area contributed by atoms with Crippen molar-refractivity contribution >= 4 is 16.9 Å². The molecule has 0 fully saturated rings. The van der Waals surface area contributed by atoms with Gasteiger partial charge in [0.1, 0.15) is 6.61 Å². The van der Waals surface area contributed by atoms with Gasteiger partial charge in [0, 0.05) is 5.39 Å². The number of ether oxygens (including phenoxy) is 2. The van der Waals surface area contributed by atoms with E-state index in [1.54, 1.807) is 18.2 Å². The molecule has 0 saturated carbocycles. The van der Waals surface area contributed by atoms with Crippen molar-refractivity contribution in [3.8, 4) is 11.5 Å². The van der Waals surface area contributed by atoms with Gasteiger partial charge in [-0.2, -0.15) is 0 Å². The molecule has 0 bridgehead atoms. The first-order valence-electron chi connectivity index (χ1n) is 7.52. The molecule has 0 radical (unpaired) electrons. The van der Waals surface area contributed by atoms with Gasteiger partial charge in [-0.05, 0) is 29.8 Å². The Morgan fingerprint density at radius 2 is 1.92 bits per heavy atom. The van der Waals surface area contributed by atoms with E-state index in [0.29, 0.717) is 23.7 Å². The van der Waals surface area contributed by atoms with Gasteiger partial charge in [-0.25, -0.2) is 4.98 Å². The number of methoxy groups -OCH3 is 1. The minimum Gasteiger partial charge on any atom is -0.493 e. The zero-order valence-electron chi connectivity index (χ0n) is 13.2. The number of carboxylic acids is 1. The second kappa shape index (κ2) is 7.00. The quantitative estimate of drug-likeness (QED) is 0.752. The molecule has 1 N–H and O–H groups in total. The molecule has 0 unspecified atom stereocenters. The molecular formula is C19H17NO4. The predicted octanol–water partition coefficient (Wildman–Crippen LogP) is 3.45. The van der Waals surface area contributed by atoms with Crippen LogP contribution >= 0.6 is 0 Å². The second-order valence-corrected chi connectivity index (χ2v) is 5.34. The van der Waals surface area contributed by atoms with Crippen LogP contribution in [0.5, 0.6) is 11.5 Å². The summed E-state index contributed by atoms with van der Waals surface area (Å²) in [4.78, 5) is 15.3. The van der Waals surface area contributed by atoms with E-state index < -0.39 is 5.97 Å². The highest BCUT2D eigenvalue weighted by Gasteiger charge is 2.09. The smallest absolute Gasteiger partial charge is 0.307 e. The van der Waals surface area contributed by atoms with E-state index >= 15 is 0 Å². The van der Waals surface area contributed by atoms with E-state index in [-0.39, 0.29) is 6.42 Å². The van der Waals surface area contributed by atoms with Crippen molar-refractivity contribution in [2.24, 2.45) is 0 Å². The van der Waals surface area contributed by atoms with Crippen molar-refractivity contribution in [2.75, 3.05) is 7.11 Å². The normalized spacial score (nSPS) is 10.5. The molecule has 24 heavy (non-hydrogen) atoms. The molecule has 0 aliphatic heterocycles. The SMILES string of the molecule is COc1cc(CC(=O)O)ccc1OCc1ccc2ccccc2n1. The molecule has 0 aliphatic rings. The van der Waals surface area contributed by atoms with Gasteiger partial charge in [-0.15, -0.1) is 0 Å². The van der Waals surface area contributed by atoms with Crippen LogP contribution in [0.2, 0.25) is 0 Å². The zero-order chi connectivity index (χ0) is 16.9. The topological polar surface area (TPSA) is 68.7 Å². The van der Waals surface area contributed by atoms with Gasteiger partial charge in [0.25, 0.3) is 0 Å².